The summed E-state index contributed by atoms with van der Waals surface area (Å²) in [5, 5.41) is 8.79. The number of hydrogen-bond acceptors (Lipinski definition) is 3. The maximum absolute atomic E-state index is 10.7. The number of carbonyl (C=O) groups is 1. The molecular formula is C15H24O4. The van der Waals surface area contributed by atoms with Crippen LogP contribution in [-0.2, 0) is 0 Å². The first-order valence-corrected chi connectivity index (χ1v) is 7.17. The van der Waals surface area contributed by atoms with Crippen LogP contribution in [0.25, 0.3) is 0 Å². The highest BCUT2D eigenvalue weighted by molar-refractivity contribution is 5.84. The first kappa shape index (κ1) is 15.6. The summed E-state index contributed by atoms with van der Waals surface area (Å²) in [6.45, 7) is 4.31. The van der Waals surface area contributed by atoms with Crippen molar-refractivity contribution < 1.29 is 19.1 Å². The summed E-state index contributed by atoms with van der Waals surface area (Å²) in [7, 11) is 0. The second-order valence-corrected chi connectivity index (χ2v) is 4.80. The minimum atomic E-state index is -1.06. The lowest BCUT2D eigenvalue weighted by Crippen LogP contribution is -2.15. The van der Waals surface area contributed by atoms with Crippen LogP contribution in [0.4, 0.5) is 0 Å². The standard InChI is InChI=1S/C15H24O4/c1-3-5-6-7-9-12(8-4-2)18-14-11-10-13(19-14)15(16)17/h10-12H,3-9H2,1-2H3,(H,16,17). The van der Waals surface area contributed by atoms with Gasteiger partial charge in [-0.1, -0.05) is 39.5 Å². The van der Waals surface area contributed by atoms with E-state index in [4.69, 9.17) is 14.3 Å². The molecular weight excluding hydrogens is 244 g/mol. The Morgan fingerprint density at radius 3 is 2.58 bits per heavy atom. The molecule has 0 fully saturated rings. The first-order chi connectivity index (χ1) is 9.17. The number of hydrogen-bond donors (Lipinski definition) is 1. The van der Waals surface area contributed by atoms with Crippen molar-refractivity contribution >= 4 is 5.97 Å². The van der Waals surface area contributed by atoms with Gasteiger partial charge in [-0.15, -0.1) is 0 Å². The van der Waals surface area contributed by atoms with Crippen molar-refractivity contribution in [2.45, 2.75) is 64.9 Å². The molecule has 1 aromatic rings. The number of unbranched alkanes of at least 4 members (excludes halogenated alkanes) is 3. The molecule has 0 radical (unpaired) electrons. The summed E-state index contributed by atoms with van der Waals surface area (Å²) in [5.41, 5.74) is 0. The van der Waals surface area contributed by atoms with Gasteiger partial charge in [-0.25, -0.2) is 4.79 Å². The largest absolute Gasteiger partial charge is 0.475 e. The van der Waals surface area contributed by atoms with Gasteiger partial charge < -0.3 is 14.3 Å². The molecule has 4 heteroatoms. The van der Waals surface area contributed by atoms with E-state index in [0.717, 1.165) is 25.7 Å². The fourth-order valence-corrected chi connectivity index (χ4v) is 2.05. The van der Waals surface area contributed by atoms with Crippen molar-refractivity contribution in [3.05, 3.63) is 17.9 Å². The normalized spacial score (nSPS) is 12.3. The van der Waals surface area contributed by atoms with E-state index in [2.05, 4.69) is 13.8 Å². The molecule has 108 valence electrons. The van der Waals surface area contributed by atoms with Crippen LogP contribution in [0, 0.1) is 0 Å². The van der Waals surface area contributed by atoms with E-state index in [9.17, 15) is 4.79 Å². The molecule has 1 rings (SSSR count). The van der Waals surface area contributed by atoms with Crippen molar-refractivity contribution in [1.82, 2.24) is 0 Å². The Morgan fingerprint density at radius 1 is 1.21 bits per heavy atom. The number of carboxylic acid groups (broad SMARTS) is 1. The summed E-state index contributed by atoms with van der Waals surface area (Å²) in [5.74, 6) is -0.826. The van der Waals surface area contributed by atoms with E-state index in [1.165, 1.54) is 25.3 Å². The van der Waals surface area contributed by atoms with Gasteiger partial charge >= 0.3 is 5.97 Å². The topological polar surface area (TPSA) is 59.7 Å². The summed E-state index contributed by atoms with van der Waals surface area (Å²) in [4.78, 5) is 10.7. The maximum Gasteiger partial charge on any atom is 0.371 e. The van der Waals surface area contributed by atoms with E-state index in [1.54, 1.807) is 6.07 Å². The van der Waals surface area contributed by atoms with Crippen LogP contribution in [-0.4, -0.2) is 17.2 Å². The van der Waals surface area contributed by atoms with Gasteiger partial charge in [0.25, 0.3) is 5.95 Å². The van der Waals surface area contributed by atoms with Gasteiger partial charge in [-0.3, -0.25) is 0 Å². The van der Waals surface area contributed by atoms with E-state index in [0.29, 0.717) is 5.95 Å². The third kappa shape index (κ3) is 5.81. The lowest BCUT2D eigenvalue weighted by atomic mass is 10.1. The zero-order chi connectivity index (χ0) is 14.1. The summed E-state index contributed by atoms with van der Waals surface area (Å²) in [6.07, 6.45) is 7.97. The second-order valence-electron chi connectivity index (χ2n) is 4.80. The molecule has 0 amide bonds. The Hall–Kier alpha value is -1.45. The van der Waals surface area contributed by atoms with Crippen molar-refractivity contribution in [3.63, 3.8) is 0 Å². The Balaban J connectivity index is 2.44. The van der Waals surface area contributed by atoms with Gasteiger partial charge in [-0.2, -0.15) is 0 Å². The minimum absolute atomic E-state index is 0.0729. The highest BCUT2D eigenvalue weighted by Gasteiger charge is 2.14. The number of ether oxygens (including phenoxy) is 1. The number of aromatic carboxylic acids is 1. The average molecular weight is 268 g/mol. The quantitative estimate of drug-likeness (QED) is 0.635. The van der Waals surface area contributed by atoms with E-state index in [-0.39, 0.29) is 11.9 Å². The average Bonchev–Trinajstić information content (AvgIpc) is 2.83. The minimum Gasteiger partial charge on any atom is -0.475 e. The van der Waals surface area contributed by atoms with Gasteiger partial charge in [0.15, 0.2) is 0 Å². The number of carboxylic acids is 1. The molecule has 0 saturated heterocycles. The monoisotopic (exact) mass is 268 g/mol. The zero-order valence-corrected chi connectivity index (χ0v) is 11.9. The molecule has 0 aliphatic heterocycles. The smallest absolute Gasteiger partial charge is 0.371 e. The molecule has 1 aromatic heterocycles. The Kier molecular flexibility index (Phi) is 7.08. The van der Waals surface area contributed by atoms with Crippen LogP contribution in [0.15, 0.2) is 16.5 Å². The molecule has 1 heterocycles. The molecule has 1 atom stereocenters. The number of rotatable bonds is 10. The molecule has 4 nitrogen and oxygen atoms in total. The molecule has 19 heavy (non-hydrogen) atoms. The van der Waals surface area contributed by atoms with Gasteiger partial charge in [0.05, 0.1) is 0 Å². The fourth-order valence-electron chi connectivity index (χ4n) is 2.05. The summed E-state index contributed by atoms with van der Waals surface area (Å²) in [6, 6.07) is 3.01. The van der Waals surface area contributed by atoms with E-state index in [1.807, 2.05) is 0 Å². The highest BCUT2D eigenvalue weighted by atomic mass is 16.6. The van der Waals surface area contributed by atoms with Crippen molar-refractivity contribution in [2.24, 2.45) is 0 Å². The van der Waals surface area contributed by atoms with Crippen molar-refractivity contribution in [3.8, 4) is 5.95 Å². The Morgan fingerprint density at radius 2 is 2.00 bits per heavy atom. The fraction of sp³-hybridized carbons (Fsp3) is 0.667. The van der Waals surface area contributed by atoms with E-state index < -0.39 is 5.97 Å². The van der Waals surface area contributed by atoms with Crippen LogP contribution in [0.3, 0.4) is 0 Å². The van der Waals surface area contributed by atoms with E-state index >= 15 is 0 Å². The van der Waals surface area contributed by atoms with Crippen LogP contribution in [0.1, 0.15) is 69.3 Å². The molecule has 1 unspecified atom stereocenters. The Bertz CT molecular complexity index is 370. The molecule has 1 N–H and O–H groups in total. The van der Waals surface area contributed by atoms with Gasteiger partial charge in [0, 0.05) is 6.07 Å². The van der Waals surface area contributed by atoms with Gasteiger partial charge in [-0.05, 0) is 25.3 Å². The maximum atomic E-state index is 10.7. The highest BCUT2D eigenvalue weighted by Crippen LogP contribution is 2.21. The molecule has 0 aromatic carbocycles. The summed E-state index contributed by atoms with van der Waals surface area (Å²) >= 11 is 0. The molecule has 0 bridgehead atoms. The lowest BCUT2D eigenvalue weighted by molar-refractivity contribution is 0.0642. The molecule has 0 aliphatic rings. The van der Waals surface area contributed by atoms with Crippen molar-refractivity contribution in [2.75, 3.05) is 0 Å². The third-order valence-electron chi connectivity index (χ3n) is 3.07. The lowest BCUT2D eigenvalue weighted by Gasteiger charge is -2.16. The molecule has 0 saturated carbocycles. The SMILES string of the molecule is CCCCCCC(CCC)Oc1ccc(C(=O)O)o1. The summed E-state index contributed by atoms with van der Waals surface area (Å²) < 4.78 is 10.9. The van der Waals surface area contributed by atoms with Gasteiger partial charge in [0.2, 0.25) is 5.76 Å². The van der Waals surface area contributed by atoms with Crippen LogP contribution < -0.4 is 4.74 Å². The number of furan rings is 1. The van der Waals surface area contributed by atoms with Crippen LogP contribution >= 0.6 is 0 Å². The van der Waals surface area contributed by atoms with Gasteiger partial charge in [0.1, 0.15) is 6.10 Å². The molecule has 0 spiro atoms. The second kappa shape index (κ2) is 8.62. The predicted octanol–water partition coefficient (Wildman–Crippen LogP) is 4.50. The first-order valence-electron chi connectivity index (χ1n) is 7.17. The van der Waals surface area contributed by atoms with Crippen molar-refractivity contribution in [1.29, 1.82) is 0 Å². The Labute approximate surface area is 114 Å². The van der Waals surface area contributed by atoms with Crippen LogP contribution in [0.2, 0.25) is 0 Å². The third-order valence-corrected chi connectivity index (χ3v) is 3.07. The predicted molar refractivity (Wildman–Crippen MR) is 73.8 cm³/mol. The van der Waals surface area contributed by atoms with Crippen LogP contribution in [0.5, 0.6) is 5.95 Å². The zero-order valence-electron chi connectivity index (χ0n) is 11.9. The molecule has 0 aliphatic carbocycles.